The molecule has 0 saturated carbocycles. The highest BCUT2D eigenvalue weighted by Gasteiger charge is 2.36. The van der Waals surface area contributed by atoms with Gasteiger partial charge in [-0.25, -0.2) is 8.42 Å². The van der Waals surface area contributed by atoms with Gasteiger partial charge in [-0.15, -0.1) is 0 Å². The van der Waals surface area contributed by atoms with E-state index in [9.17, 15) is 8.42 Å². The quantitative estimate of drug-likeness (QED) is 0.839. The van der Waals surface area contributed by atoms with E-state index in [2.05, 4.69) is 31.0 Å². The van der Waals surface area contributed by atoms with Crippen LogP contribution in [0.25, 0.3) is 0 Å². The van der Waals surface area contributed by atoms with Crippen LogP contribution in [0.3, 0.4) is 0 Å². The topological polar surface area (TPSA) is 49.4 Å². The molecule has 118 valence electrons. The molecule has 2 heterocycles. The van der Waals surface area contributed by atoms with Crippen LogP contribution < -0.4 is 5.32 Å². The van der Waals surface area contributed by atoms with E-state index in [-0.39, 0.29) is 5.25 Å². The fraction of sp³-hybridized carbons (Fsp3) is 1.00. The van der Waals surface area contributed by atoms with Crippen LogP contribution in [0.5, 0.6) is 0 Å². The Kier molecular flexibility index (Phi) is 5.49. The third-order valence-corrected chi connectivity index (χ3v) is 7.52. The molecule has 0 aromatic heterocycles. The van der Waals surface area contributed by atoms with Gasteiger partial charge in [-0.05, 0) is 25.2 Å². The monoisotopic (exact) mass is 302 g/mol. The van der Waals surface area contributed by atoms with Crippen LogP contribution in [0.1, 0.15) is 46.5 Å². The van der Waals surface area contributed by atoms with E-state index in [0.29, 0.717) is 23.8 Å². The summed E-state index contributed by atoms with van der Waals surface area (Å²) in [7, 11) is -2.82. The number of sulfone groups is 1. The van der Waals surface area contributed by atoms with E-state index in [1.54, 1.807) is 0 Å². The Morgan fingerprint density at radius 2 is 2.10 bits per heavy atom. The van der Waals surface area contributed by atoms with Gasteiger partial charge >= 0.3 is 0 Å². The number of nitrogens with one attached hydrogen (secondary N) is 1. The second-order valence-electron chi connectivity index (χ2n) is 6.55. The van der Waals surface area contributed by atoms with Gasteiger partial charge < -0.3 is 5.32 Å². The second kappa shape index (κ2) is 6.75. The SMILES string of the molecule is CCC(C)C1CN(CC2CCCS2(=O)=O)C(CC)CN1. The summed E-state index contributed by atoms with van der Waals surface area (Å²) in [4.78, 5) is 2.45. The first-order valence-corrected chi connectivity index (χ1v) is 9.88. The normalized spacial score (nSPS) is 36.0. The van der Waals surface area contributed by atoms with Crippen LogP contribution >= 0.6 is 0 Å². The van der Waals surface area contributed by atoms with Crippen molar-refractivity contribution in [2.24, 2.45) is 5.92 Å². The Morgan fingerprint density at radius 1 is 1.35 bits per heavy atom. The summed E-state index contributed by atoms with van der Waals surface area (Å²) < 4.78 is 24.1. The largest absolute Gasteiger partial charge is 0.311 e. The lowest BCUT2D eigenvalue weighted by atomic mass is 9.94. The zero-order valence-electron chi connectivity index (χ0n) is 13.1. The molecular formula is C15H30N2O2S. The fourth-order valence-electron chi connectivity index (χ4n) is 3.50. The number of rotatable bonds is 5. The average Bonchev–Trinajstić information content (AvgIpc) is 2.77. The van der Waals surface area contributed by atoms with Gasteiger partial charge in [0.15, 0.2) is 9.84 Å². The summed E-state index contributed by atoms with van der Waals surface area (Å²) >= 11 is 0. The van der Waals surface area contributed by atoms with Gasteiger partial charge in [0.2, 0.25) is 0 Å². The van der Waals surface area contributed by atoms with Gasteiger partial charge in [-0.1, -0.05) is 27.2 Å². The summed E-state index contributed by atoms with van der Waals surface area (Å²) in [6.45, 7) is 9.46. The first-order valence-electron chi connectivity index (χ1n) is 8.16. The van der Waals surface area contributed by atoms with Crippen LogP contribution in [-0.2, 0) is 9.84 Å². The molecule has 20 heavy (non-hydrogen) atoms. The predicted octanol–water partition coefficient (Wildman–Crippen LogP) is 1.66. The Hall–Kier alpha value is -0.130. The second-order valence-corrected chi connectivity index (χ2v) is 8.95. The Bertz CT molecular complexity index is 410. The molecule has 4 unspecified atom stereocenters. The summed E-state index contributed by atoms with van der Waals surface area (Å²) in [5, 5.41) is 3.54. The van der Waals surface area contributed by atoms with Gasteiger partial charge in [0.05, 0.1) is 11.0 Å². The molecule has 2 fully saturated rings. The van der Waals surface area contributed by atoms with Crippen molar-refractivity contribution in [3.63, 3.8) is 0 Å². The van der Waals surface area contributed by atoms with Crippen LogP contribution in [0, 0.1) is 5.92 Å². The van der Waals surface area contributed by atoms with Crippen molar-refractivity contribution >= 4 is 9.84 Å². The van der Waals surface area contributed by atoms with Crippen molar-refractivity contribution in [3.8, 4) is 0 Å². The minimum atomic E-state index is -2.82. The highest BCUT2D eigenvalue weighted by molar-refractivity contribution is 7.92. The lowest BCUT2D eigenvalue weighted by molar-refractivity contribution is 0.106. The molecule has 4 atom stereocenters. The number of nitrogens with zero attached hydrogens (tertiary/aromatic N) is 1. The standard InChI is InChI=1S/C15H30N2O2S/c1-4-12(3)15-11-17(13(5-2)9-16-15)10-14-7-6-8-20(14,18)19/h12-16H,4-11H2,1-3H3. The van der Waals surface area contributed by atoms with Crippen LogP contribution in [0.2, 0.25) is 0 Å². The molecule has 2 rings (SSSR count). The first kappa shape index (κ1) is 16.2. The van der Waals surface area contributed by atoms with Gasteiger partial charge in [-0.3, -0.25) is 4.90 Å². The van der Waals surface area contributed by atoms with Crippen molar-refractivity contribution < 1.29 is 8.42 Å². The molecule has 2 aliphatic heterocycles. The third kappa shape index (κ3) is 3.55. The Morgan fingerprint density at radius 3 is 2.65 bits per heavy atom. The molecule has 1 N–H and O–H groups in total. The van der Waals surface area contributed by atoms with Gasteiger partial charge in [0.1, 0.15) is 0 Å². The molecule has 0 bridgehead atoms. The average molecular weight is 302 g/mol. The molecule has 5 heteroatoms. The summed E-state index contributed by atoms with van der Waals surface area (Å²) in [6.07, 6.45) is 3.97. The minimum Gasteiger partial charge on any atom is -0.311 e. The zero-order chi connectivity index (χ0) is 14.8. The third-order valence-electron chi connectivity index (χ3n) is 5.27. The van der Waals surface area contributed by atoms with Gasteiger partial charge in [0, 0.05) is 31.7 Å². The molecule has 0 aromatic carbocycles. The van der Waals surface area contributed by atoms with Crippen molar-refractivity contribution in [2.45, 2.75) is 63.8 Å². The molecular weight excluding hydrogens is 272 g/mol. The maximum atomic E-state index is 12.1. The van der Waals surface area contributed by atoms with E-state index in [1.807, 2.05) is 0 Å². The number of hydrogen-bond donors (Lipinski definition) is 1. The van der Waals surface area contributed by atoms with Crippen molar-refractivity contribution in [1.82, 2.24) is 10.2 Å². The highest BCUT2D eigenvalue weighted by atomic mass is 32.2. The molecule has 0 spiro atoms. The van der Waals surface area contributed by atoms with E-state index in [1.165, 1.54) is 6.42 Å². The zero-order valence-corrected chi connectivity index (χ0v) is 14.0. The van der Waals surface area contributed by atoms with Crippen molar-refractivity contribution in [3.05, 3.63) is 0 Å². The Balaban J connectivity index is 2.02. The number of piperazine rings is 1. The van der Waals surface area contributed by atoms with Crippen LogP contribution in [0.15, 0.2) is 0 Å². The van der Waals surface area contributed by atoms with Gasteiger partial charge in [-0.2, -0.15) is 0 Å². The van der Waals surface area contributed by atoms with Gasteiger partial charge in [0.25, 0.3) is 0 Å². The highest BCUT2D eigenvalue weighted by Crippen LogP contribution is 2.24. The predicted molar refractivity (Wildman–Crippen MR) is 83.7 cm³/mol. The lowest BCUT2D eigenvalue weighted by Crippen LogP contribution is -2.59. The summed E-state index contributed by atoms with van der Waals surface area (Å²) in [5.74, 6) is 1.05. The Labute approximate surface area is 124 Å². The molecule has 4 nitrogen and oxygen atoms in total. The molecule has 2 saturated heterocycles. The van der Waals surface area contributed by atoms with Crippen LogP contribution in [0.4, 0.5) is 0 Å². The minimum absolute atomic E-state index is 0.118. The molecule has 0 radical (unpaired) electrons. The van der Waals surface area contributed by atoms with Crippen molar-refractivity contribution in [1.29, 1.82) is 0 Å². The molecule has 2 aliphatic rings. The maximum Gasteiger partial charge on any atom is 0.154 e. The molecule has 0 aromatic rings. The fourth-order valence-corrected chi connectivity index (χ4v) is 5.35. The smallest absolute Gasteiger partial charge is 0.154 e. The van der Waals surface area contributed by atoms with E-state index < -0.39 is 9.84 Å². The van der Waals surface area contributed by atoms with E-state index in [4.69, 9.17) is 0 Å². The summed E-state index contributed by atoms with van der Waals surface area (Å²) in [6, 6.07) is 0.998. The summed E-state index contributed by atoms with van der Waals surface area (Å²) in [5.41, 5.74) is 0. The van der Waals surface area contributed by atoms with E-state index in [0.717, 1.165) is 38.9 Å². The number of hydrogen-bond acceptors (Lipinski definition) is 4. The van der Waals surface area contributed by atoms with Crippen molar-refractivity contribution in [2.75, 3.05) is 25.4 Å². The van der Waals surface area contributed by atoms with E-state index >= 15 is 0 Å². The molecule has 0 amide bonds. The lowest BCUT2D eigenvalue weighted by Gasteiger charge is -2.43. The maximum absolute atomic E-state index is 12.1. The van der Waals surface area contributed by atoms with Crippen LogP contribution in [-0.4, -0.2) is 56.0 Å². The first-order chi connectivity index (χ1) is 9.47. The molecule has 0 aliphatic carbocycles.